The van der Waals surface area contributed by atoms with Gasteiger partial charge in [0, 0.05) is 20.3 Å². The van der Waals surface area contributed by atoms with Crippen LogP contribution >= 0.6 is 0 Å². The van der Waals surface area contributed by atoms with Crippen LogP contribution in [0.3, 0.4) is 0 Å². The molecule has 0 saturated heterocycles. The second-order valence-electron chi connectivity index (χ2n) is 8.45. The molecule has 4 atom stereocenters. The minimum absolute atomic E-state index is 0.0334. The molecule has 1 aliphatic rings. The lowest BCUT2D eigenvalue weighted by molar-refractivity contribution is -0.156. The molecule has 0 spiro atoms. The molecule has 1 saturated carbocycles. The molecule has 1 aromatic carbocycles. The molecule has 2 N–H and O–H groups in total. The molecule has 0 heterocycles. The first-order chi connectivity index (χ1) is 14.8. The van der Waals surface area contributed by atoms with Crippen molar-refractivity contribution in [2.75, 3.05) is 7.11 Å². The maximum absolute atomic E-state index is 11.8. The van der Waals surface area contributed by atoms with E-state index in [1.807, 2.05) is 0 Å². The van der Waals surface area contributed by atoms with Crippen LogP contribution in [-0.4, -0.2) is 47.6 Å². The molecule has 7 heteroatoms. The number of aromatic hydroxyl groups is 1. The van der Waals surface area contributed by atoms with Crippen LogP contribution < -0.4 is 4.74 Å². The lowest BCUT2D eigenvalue weighted by atomic mass is 9.83. The SMILES string of the molecule is COc1cc(CC[C@H](C[C@@H](OC(C)=O)[C@@H]2CCCCC[C@H](O)C2)OC(C)=O)ccc1O. The highest BCUT2D eigenvalue weighted by Crippen LogP contribution is 2.31. The van der Waals surface area contributed by atoms with Gasteiger partial charge in [0.05, 0.1) is 13.2 Å². The number of esters is 2. The van der Waals surface area contributed by atoms with Crippen molar-refractivity contribution in [3.8, 4) is 11.5 Å². The number of carbonyl (C=O) groups is 2. The fraction of sp³-hybridized carbons (Fsp3) is 0.667. The van der Waals surface area contributed by atoms with Crippen LogP contribution in [0.1, 0.15) is 70.8 Å². The van der Waals surface area contributed by atoms with Gasteiger partial charge < -0.3 is 24.4 Å². The third kappa shape index (κ3) is 8.77. The molecule has 1 aliphatic carbocycles. The Kier molecular flexibility index (Phi) is 10.1. The first kappa shape index (κ1) is 25.0. The Hall–Kier alpha value is -2.28. The maximum atomic E-state index is 11.8. The monoisotopic (exact) mass is 436 g/mol. The normalized spacial score (nSPS) is 21.3. The first-order valence-electron chi connectivity index (χ1n) is 11.2. The van der Waals surface area contributed by atoms with Gasteiger partial charge in [-0.15, -0.1) is 0 Å². The number of carbonyl (C=O) groups excluding carboxylic acids is 2. The van der Waals surface area contributed by atoms with E-state index in [9.17, 15) is 19.8 Å². The lowest BCUT2D eigenvalue weighted by Gasteiger charge is -2.32. The Labute approximate surface area is 184 Å². The summed E-state index contributed by atoms with van der Waals surface area (Å²) in [6.07, 6.45) is 5.61. The van der Waals surface area contributed by atoms with E-state index < -0.39 is 18.3 Å². The largest absolute Gasteiger partial charge is 0.504 e. The Balaban J connectivity index is 2.11. The van der Waals surface area contributed by atoms with E-state index in [0.717, 1.165) is 37.7 Å². The summed E-state index contributed by atoms with van der Waals surface area (Å²) in [6.45, 7) is 2.76. The summed E-state index contributed by atoms with van der Waals surface area (Å²) < 4.78 is 16.4. The van der Waals surface area contributed by atoms with Crippen molar-refractivity contribution in [1.82, 2.24) is 0 Å². The molecule has 0 aromatic heterocycles. The predicted octanol–water partition coefficient (Wildman–Crippen LogP) is 3.92. The second-order valence-corrected chi connectivity index (χ2v) is 8.45. The van der Waals surface area contributed by atoms with E-state index in [0.29, 0.717) is 31.4 Å². The zero-order valence-electron chi connectivity index (χ0n) is 18.8. The number of hydrogen-bond acceptors (Lipinski definition) is 7. The molecular formula is C24H36O7. The van der Waals surface area contributed by atoms with Crippen molar-refractivity contribution in [2.24, 2.45) is 5.92 Å². The summed E-state index contributed by atoms with van der Waals surface area (Å²) in [6, 6.07) is 5.14. The van der Waals surface area contributed by atoms with Crippen molar-refractivity contribution in [1.29, 1.82) is 0 Å². The quantitative estimate of drug-likeness (QED) is 0.566. The van der Waals surface area contributed by atoms with E-state index in [4.69, 9.17) is 14.2 Å². The van der Waals surface area contributed by atoms with Crippen molar-refractivity contribution in [3.05, 3.63) is 23.8 Å². The Morgan fingerprint density at radius 3 is 2.48 bits per heavy atom. The van der Waals surface area contributed by atoms with Gasteiger partial charge in [-0.25, -0.2) is 0 Å². The minimum Gasteiger partial charge on any atom is -0.504 e. The van der Waals surface area contributed by atoms with Gasteiger partial charge in [-0.05, 0) is 55.7 Å². The Morgan fingerprint density at radius 1 is 1.10 bits per heavy atom. The number of hydrogen-bond donors (Lipinski definition) is 2. The topological polar surface area (TPSA) is 102 Å². The van der Waals surface area contributed by atoms with Crippen LogP contribution in [-0.2, 0) is 25.5 Å². The molecule has 174 valence electrons. The summed E-state index contributed by atoms with van der Waals surface area (Å²) in [4.78, 5) is 23.5. The van der Waals surface area contributed by atoms with Gasteiger partial charge in [0.15, 0.2) is 11.5 Å². The van der Waals surface area contributed by atoms with Crippen molar-refractivity contribution >= 4 is 11.9 Å². The molecule has 0 unspecified atom stereocenters. The van der Waals surface area contributed by atoms with Crippen LogP contribution in [0, 0.1) is 5.92 Å². The summed E-state index contributed by atoms with van der Waals surface area (Å²) in [5.41, 5.74) is 0.942. The molecule has 2 rings (SSSR count). The third-order valence-corrected chi connectivity index (χ3v) is 5.86. The molecule has 0 bridgehead atoms. The van der Waals surface area contributed by atoms with Gasteiger partial charge in [-0.3, -0.25) is 9.59 Å². The van der Waals surface area contributed by atoms with Crippen molar-refractivity contribution < 1.29 is 34.0 Å². The number of aliphatic hydroxyl groups excluding tert-OH is 1. The van der Waals surface area contributed by atoms with Crippen LogP contribution in [0.2, 0.25) is 0 Å². The zero-order chi connectivity index (χ0) is 22.8. The fourth-order valence-corrected chi connectivity index (χ4v) is 4.36. The summed E-state index contributed by atoms with van der Waals surface area (Å²) >= 11 is 0. The average Bonchev–Trinajstić information content (AvgIpc) is 2.68. The number of aryl methyl sites for hydroxylation is 1. The van der Waals surface area contributed by atoms with E-state index in [1.54, 1.807) is 18.2 Å². The number of rotatable bonds is 9. The zero-order valence-corrected chi connectivity index (χ0v) is 18.8. The average molecular weight is 437 g/mol. The highest BCUT2D eigenvalue weighted by atomic mass is 16.6. The minimum atomic E-state index is -0.427. The van der Waals surface area contributed by atoms with Gasteiger partial charge in [0.1, 0.15) is 12.2 Å². The number of methoxy groups -OCH3 is 1. The summed E-state index contributed by atoms with van der Waals surface area (Å²) in [7, 11) is 1.49. The van der Waals surface area contributed by atoms with Crippen LogP contribution in [0.4, 0.5) is 0 Å². The van der Waals surface area contributed by atoms with E-state index in [2.05, 4.69) is 0 Å². The standard InChI is InChI=1S/C24H36O7/c1-16(25)30-21(11-9-18-10-12-22(28)24(13-18)29-3)15-23(31-17(2)26)19-7-5-4-6-8-20(27)14-19/h10,12-13,19-21,23,27-28H,4-9,11,14-15H2,1-3H3/t19-,20+,21-,23-/m1/s1. The second kappa shape index (κ2) is 12.5. The van der Waals surface area contributed by atoms with Gasteiger partial charge in [0.25, 0.3) is 0 Å². The lowest BCUT2D eigenvalue weighted by Crippen LogP contribution is -2.34. The van der Waals surface area contributed by atoms with Gasteiger partial charge in [0.2, 0.25) is 0 Å². The van der Waals surface area contributed by atoms with E-state index in [-0.39, 0.29) is 23.6 Å². The van der Waals surface area contributed by atoms with Crippen molar-refractivity contribution in [3.63, 3.8) is 0 Å². The summed E-state index contributed by atoms with van der Waals surface area (Å²) in [5.74, 6) is -0.256. The van der Waals surface area contributed by atoms with Crippen LogP contribution in [0.5, 0.6) is 11.5 Å². The molecular weight excluding hydrogens is 400 g/mol. The van der Waals surface area contributed by atoms with Crippen LogP contribution in [0.25, 0.3) is 0 Å². The molecule has 0 radical (unpaired) electrons. The maximum Gasteiger partial charge on any atom is 0.302 e. The summed E-state index contributed by atoms with van der Waals surface area (Å²) in [5, 5.41) is 20.1. The fourth-order valence-electron chi connectivity index (χ4n) is 4.36. The van der Waals surface area contributed by atoms with Gasteiger partial charge in [-0.2, -0.15) is 0 Å². The number of phenols is 1. The number of aliphatic hydroxyl groups is 1. The highest BCUT2D eigenvalue weighted by Gasteiger charge is 2.31. The van der Waals surface area contributed by atoms with E-state index in [1.165, 1.54) is 21.0 Å². The first-order valence-corrected chi connectivity index (χ1v) is 11.2. The molecule has 1 aromatic rings. The number of benzene rings is 1. The number of ether oxygens (including phenoxy) is 3. The van der Waals surface area contributed by atoms with E-state index >= 15 is 0 Å². The van der Waals surface area contributed by atoms with Gasteiger partial charge in [-0.1, -0.05) is 25.3 Å². The molecule has 7 nitrogen and oxygen atoms in total. The number of phenolic OH excluding ortho intramolecular Hbond substituents is 1. The predicted molar refractivity (Wildman–Crippen MR) is 116 cm³/mol. The third-order valence-electron chi connectivity index (χ3n) is 5.86. The molecule has 1 fully saturated rings. The Bertz CT molecular complexity index is 718. The van der Waals surface area contributed by atoms with Gasteiger partial charge >= 0.3 is 11.9 Å². The van der Waals surface area contributed by atoms with Crippen LogP contribution in [0.15, 0.2) is 18.2 Å². The highest BCUT2D eigenvalue weighted by molar-refractivity contribution is 5.66. The molecule has 0 amide bonds. The smallest absolute Gasteiger partial charge is 0.302 e. The Morgan fingerprint density at radius 2 is 1.81 bits per heavy atom. The van der Waals surface area contributed by atoms with Crippen molar-refractivity contribution in [2.45, 2.75) is 89.9 Å². The molecule has 31 heavy (non-hydrogen) atoms. The molecule has 0 aliphatic heterocycles.